The topological polar surface area (TPSA) is 46.9 Å². The third-order valence-corrected chi connectivity index (χ3v) is 5.18. The van der Waals surface area contributed by atoms with Crippen molar-refractivity contribution >= 4 is 33.1 Å². The average molecular weight is 347 g/mol. The molecule has 0 saturated heterocycles. The minimum absolute atomic E-state index is 0.115. The van der Waals surface area contributed by atoms with Gasteiger partial charge in [-0.3, -0.25) is 4.79 Å². The van der Waals surface area contributed by atoms with Gasteiger partial charge in [-0.05, 0) is 61.0 Å². The van der Waals surface area contributed by atoms with Gasteiger partial charge >= 0.3 is 0 Å². The lowest BCUT2D eigenvalue weighted by Crippen LogP contribution is -2.15. The highest BCUT2D eigenvalue weighted by atomic mass is 32.1. The monoisotopic (exact) mass is 347 g/mol. The van der Waals surface area contributed by atoms with Gasteiger partial charge < -0.3 is 9.88 Å². The molecule has 0 unspecified atom stereocenters. The summed E-state index contributed by atoms with van der Waals surface area (Å²) in [5.41, 5.74) is 4.71. The number of hydrogen-bond donors (Lipinski definition) is 1. The van der Waals surface area contributed by atoms with Gasteiger partial charge in [0, 0.05) is 24.5 Å². The van der Waals surface area contributed by atoms with Crippen LogP contribution in [0, 0.1) is 6.92 Å². The molecule has 0 spiro atoms. The second kappa shape index (κ2) is 6.18. The zero-order valence-electron chi connectivity index (χ0n) is 14.0. The number of rotatable bonds is 3. The number of hydrogen-bond acceptors (Lipinski definition) is 3. The van der Waals surface area contributed by atoms with Crippen LogP contribution in [-0.4, -0.2) is 15.5 Å². The second-order valence-electron chi connectivity index (χ2n) is 6.03. The zero-order valence-corrected chi connectivity index (χ0v) is 14.8. The number of thiazole rings is 1. The molecule has 4 aromatic rings. The number of amides is 1. The Hall–Kier alpha value is -2.92. The third-order valence-electron chi connectivity index (χ3n) is 4.11. The van der Waals surface area contributed by atoms with Crippen molar-refractivity contribution in [3.05, 3.63) is 72.1 Å². The molecule has 0 fully saturated rings. The molecule has 0 atom stereocenters. The number of benzene rings is 2. The average Bonchev–Trinajstić information content (AvgIpc) is 3.21. The second-order valence-corrected chi connectivity index (χ2v) is 7.06. The van der Waals surface area contributed by atoms with Crippen molar-refractivity contribution in [3.8, 4) is 10.6 Å². The molecular weight excluding hydrogens is 330 g/mol. The standard InChI is InChI=1S/C20H17N3OS/c1-13-5-10-16-18(12-13)25-20(22-16)14-6-8-15(9-7-14)21-19(24)17-4-3-11-23(17)2/h3-12H,1-2H3,(H,21,24). The van der Waals surface area contributed by atoms with E-state index in [9.17, 15) is 4.79 Å². The van der Waals surface area contributed by atoms with E-state index < -0.39 is 0 Å². The van der Waals surface area contributed by atoms with E-state index >= 15 is 0 Å². The van der Waals surface area contributed by atoms with Gasteiger partial charge in [0.1, 0.15) is 10.7 Å². The molecule has 0 aliphatic carbocycles. The van der Waals surface area contributed by atoms with Gasteiger partial charge in [0.15, 0.2) is 0 Å². The van der Waals surface area contributed by atoms with Crippen LogP contribution < -0.4 is 5.32 Å². The van der Waals surface area contributed by atoms with Crippen molar-refractivity contribution in [2.75, 3.05) is 5.32 Å². The summed E-state index contributed by atoms with van der Waals surface area (Å²) in [7, 11) is 1.85. The first-order chi connectivity index (χ1) is 12.1. The number of anilines is 1. The molecule has 2 heterocycles. The van der Waals surface area contributed by atoms with E-state index in [0.29, 0.717) is 5.69 Å². The minimum atomic E-state index is -0.115. The summed E-state index contributed by atoms with van der Waals surface area (Å²) in [5, 5.41) is 3.91. The molecule has 25 heavy (non-hydrogen) atoms. The van der Waals surface area contributed by atoms with Gasteiger partial charge in [-0.2, -0.15) is 0 Å². The number of carbonyl (C=O) groups is 1. The first-order valence-corrected chi connectivity index (χ1v) is 8.82. The van der Waals surface area contributed by atoms with Gasteiger partial charge in [0.05, 0.1) is 10.2 Å². The summed E-state index contributed by atoms with van der Waals surface area (Å²) in [6.45, 7) is 2.09. The fraction of sp³-hybridized carbons (Fsp3) is 0.100. The summed E-state index contributed by atoms with van der Waals surface area (Å²) in [5.74, 6) is -0.115. The molecule has 0 saturated carbocycles. The van der Waals surface area contributed by atoms with Crippen LogP contribution in [0.5, 0.6) is 0 Å². The van der Waals surface area contributed by atoms with E-state index in [1.165, 1.54) is 10.3 Å². The van der Waals surface area contributed by atoms with Gasteiger partial charge in [0.25, 0.3) is 5.91 Å². The van der Waals surface area contributed by atoms with E-state index in [1.54, 1.807) is 22.0 Å². The van der Waals surface area contributed by atoms with Gasteiger partial charge in [0.2, 0.25) is 0 Å². The van der Waals surface area contributed by atoms with Crippen LogP contribution in [-0.2, 0) is 7.05 Å². The Balaban J connectivity index is 1.57. The Bertz CT molecular complexity index is 1060. The molecule has 124 valence electrons. The van der Waals surface area contributed by atoms with Crippen molar-refractivity contribution in [2.45, 2.75) is 6.92 Å². The Morgan fingerprint density at radius 1 is 1.12 bits per heavy atom. The fourth-order valence-corrected chi connectivity index (χ4v) is 3.81. The van der Waals surface area contributed by atoms with Crippen LogP contribution in [0.1, 0.15) is 16.1 Å². The van der Waals surface area contributed by atoms with Gasteiger partial charge in [-0.25, -0.2) is 4.98 Å². The SMILES string of the molecule is Cc1ccc2nc(-c3ccc(NC(=O)c4cccn4C)cc3)sc2c1. The Morgan fingerprint density at radius 2 is 1.92 bits per heavy atom. The number of nitrogens with zero attached hydrogens (tertiary/aromatic N) is 2. The fourth-order valence-electron chi connectivity index (χ4n) is 2.74. The van der Waals surface area contributed by atoms with Crippen molar-refractivity contribution in [2.24, 2.45) is 7.05 Å². The maximum Gasteiger partial charge on any atom is 0.272 e. The van der Waals surface area contributed by atoms with E-state index in [4.69, 9.17) is 4.98 Å². The molecule has 0 bridgehead atoms. The predicted molar refractivity (Wildman–Crippen MR) is 103 cm³/mol. The molecular formula is C20H17N3OS. The third kappa shape index (κ3) is 3.06. The highest BCUT2D eigenvalue weighted by molar-refractivity contribution is 7.21. The number of nitrogens with one attached hydrogen (secondary N) is 1. The largest absolute Gasteiger partial charge is 0.347 e. The smallest absolute Gasteiger partial charge is 0.272 e. The highest BCUT2D eigenvalue weighted by Gasteiger charge is 2.10. The van der Waals surface area contributed by atoms with Gasteiger partial charge in [-0.1, -0.05) is 6.07 Å². The lowest BCUT2D eigenvalue weighted by atomic mass is 10.2. The van der Waals surface area contributed by atoms with Crippen molar-refractivity contribution in [1.82, 2.24) is 9.55 Å². The molecule has 2 aromatic carbocycles. The molecule has 0 aliphatic rings. The van der Waals surface area contributed by atoms with Crippen molar-refractivity contribution in [3.63, 3.8) is 0 Å². The number of aromatic nitrogens is 2. The van der Waals surface area contributed by atoms with Gasteiger partial charge in [-0.15, -0.1) is 11.3 Å². The van der Waals surface area contributed by atoms with Crippen LogP contribution in [0.15, 0.2) is 60.8 Å². The van der Waals surface area contributed by atoms with Crippen LogP contribution in [0.25, 0.3) is 20.8 Å². The van der Waals surface area contributed by atoms with Crippen molar-refractivity contribution < 1.29 is 4.79 Å². The summed E-state index contributed by atoms with van der Waals surface area (Å²) >= 11 is 1.68. The summed E-state index contributed by atoms with van der Waals surface area (Å²) in [6.07, 6.45) is 1.85. The van der Waals surface area contributed by atoms with E-state index in [2.05, 4.69) is 30.4 Å². The van der Waals surface area contributed by atoms with E-state index in [0.717, 1.165) is 21.8 Å². The maximum atomic E-state index is 12.3. The molecule has 5 heteroatoms. The first-order valence-electron chi connectivity index (χ1n) is 8.00. The van der Waals surface area contributed by atoms with Crippen molar-refractivity contribution in [1.29, 1.82) is 0 Å². The Labute approximate surface area is 149 Å². The number of aryl methyl sites for hydroxylation is 2. The molecule has 0 radical (unpaired) electrons. The highest BCUT2D eigenvalue weighted by Crippen LogP contribution is 2.31. The zero-order chi connectivity index (χ0) is 17.4. The van der Waals surface area contributed by atoms with E-state index in [-0.39, 0.29) is 5.91 Å². The summed E-state index contributed by atoms with van der Waals surface area (Å²) in [4.78, 5) is 17.0. The van der Waals surface area contributed by atoms with Crippen LogP contribution in [0.3, 0.4) is 0 Å². The summed E-state index contributed by atoms with van der Waals surface area (Å²) in [6, 6.07) is 17.7. The maximum absolute atomic E-state index is 12.3. The normalized spacial score (nSPS) is 11.0. The molecule has 1 amide bonds. The Kier molecular flexibility index (Phi) is 3.86. The van der Waals surface area contributed by atoms with E-state index in [1.807, 2.05) is 43.6 Å². The lowest BCUT2D eigenvalue weighted by molar-refractivity contribution is 0.101. The first kappa shape index (κ1) is 15.6. The lowest BCUT2D eigenvalue weighted by Gasteiger charge is -2.06. The number of fused-ring (bicyclic) bond motifs is 1. The number of carbonyl (C=O) groups excluding carboxylic acids is 1. The molecule has 1 N–H and O–H groups in total. The van der Waals surface area contributed by atoms with Crippen LogP contribution in [0.2, 0.25) is 0 Å². The van der Waals surface area contributed by atoms with Crippen LogP contribution >= 0.6 is 11.3 Å². The summed E-state index contributed by atoms with van der Waals surface area (Å²) < 4.78 is 2.99. The molecule has 4 rings (SSSR count). The minimum Gasteiger partial charge on any atom is -0.347 e. The van der Waals surface area contributed by atoms with Crippen LogP contribution in [0.4, 0.5) is 5.69 Å². The quantitative estimate of drug-likeness (QED) is 0.575. The Morgan fingerprint density at radius 3 is 2.64 bits per heavy atom. The molecule has 0 aliphatic heterocycles. The predicted octanol–water partition coefficient (Wildman–Crippen LogP) is 4.86. The molecule has 2 aromatic heterocycles. The molecule has 4 nitrogen and oxygen atoms in total.